The SMILES string of the molecule is C[C@H](NCCn1cccn1)C(=O)N1CCc2ccccc2C1. The summed E-state index contributed by atoms with van der Waals surface area (Å²) < 4.78 is 1.86. The summed E-state index contributed by atoms with van der Waals surface area (Å²) in [5.74, 6) is 0.176. The number of nitrogens with one attached hydrogen (secondary N) is 1. The van der Waals surface area contributed by atoms with E-state index in [-0.39, 0.29) is 11.9 Å². The maximum absolute atomic E-state index is 12.5. The van der Waals surface area contributed by atoms with Gasteiger partial charge < -0.3 is 10.2 Å². The Morgan fingerprint density at radius 1 is 1.32 bits per heavy atom. The van der Waals surface area contributed by atoms with E-state index in [9.17, 15) is 4.79 Å². The lowest BCUT2D eigenvalue weighted by Gasteiger charge is -2.31. The Morgan fingerprint density at radius 2 is 2.14 bits per heavy atom. The van der Waals surface area contributed by atoms with E-state index in [2.05, 4.69) is 28.6 Å². The third kappa shape index (κ3) is 3.36. The molecule has 1 N–H and O–H groups in total. The maximum atomic E-state index is 12.5. The summed E-state index contributed by atoms with van der Waals surface area (Å²) in [5, 5.41) is 7.44. The van der Waals surface area contributed by atoms with Crippen molar-refractivity contribution in [2.45, 2.75) is 32.5 Å². The number of carbonyl (C=O) groups excluding carboxylic acids is 1. The Labute approximate surface area is 130 Å². The Kier molecular flexibility index (Phi) is 4.53. The molecule has 22 heavy (non-hydrogen) atoms. The molecule has 3 rings (SSSR count). The van der Waals surface area contributed by atoms with Gasteiger partial charge in [-0.2, -0.15) is 5.10 Å². The highest BCUT2D eigenvalue weighted by molar-refractivity contribution is 5.81. The van der Waals surface area contributed by atoms with Crippen LogP contribution in [0.3, 0.4) is 0 Å². The second-order valence-electron chi connectivity index (χ2n) is 5.72. The fourth-order valence-electron chi connectivity index (χ4n) is 2.87. The molecule has 1 aromatic heterocycles. The van der Waals surface area contributed by atoms with E-state index in [0.717, 1.165) is 32.6 Å². The highest BCUT2D eigenvalue weighted by Gasteiger charge is 2.23. The summed E-state index contributed by atoms with van der Waals surface area (Å²) in [4.78, 5) is 14.5. The zero-order chi connectivity index (χ0) is 15.4. The van der Waals surface area contributed by atoms with Crippen molar-refractivity contribution >= 4 is 5.91 Å². The summed E-state index contributed by atoms with van der Waals surface area (Å²) >= 11 is 0. The lowest BCUT2D eigenvalue weighted by Crippen LogP contribution is -2.47. The fraction of sp³-hybridized carbons (Fsp3) is 0.412. The second kappa shape index (κ2) is 6.75. The minimum absolute atomic E-state index is 0.166. The number of carbonyl (C=O) groups is 1. The largest absolute Gasteiger partial charge is 0.337 e. The third-order valence-corrected chi connectivity index (χ3v) is 4.16. The molecule has 0 spiro atoms. The number of hydrogen-bond acceptors (Lipinski definition) is 3. The van der Waals surface area contributed by atoms with E-state index in [1.165, 1.54) is 11.1 Å². The first kappa shape index (κ1) is 14.8. The van der Waals surface area contributed by atoms with Crippen molar-refractivity contribution in [2.75, 3.05) is 13.1 Å². The van der Waals surface area contributed by atoms with Crippen molar-refractivity contribution < 1.29 is 4.79 Å². The van der Waals surface area contributed by atoms with Crippen molar-refractivity contribution in [1.82, 2.24) is 20.0 Å². The molecule has 1 amide bonds. The third-order valence-electron chi connectivity index (χ3n) is 4.16. The standard InChI is InChI=1S/C17H22N4O/c1-14(18-9-12-21-10-4-8-19-21)17(22)20-11-7-15-5-2-3-6-16(15)13-20/h2-6,8,10,14,18H,7,9,11-13H2,1H3/t14-/m0/s1. The first-order valence-electron chi connectivity index (χ1n) is 7.80. The number of hydrogen-bond donors (Lipinski definition) is 1. The maximum Gasteiger partial charge on any atom is 0.239 e. The van der Waals surface area contributed by atoms with Crippen LogP contribution in [0.15, 0.2) is 42.7 Å². The molecule has 1 aliphatic heterocycles. The Hall–Kier alpha value is -2.14. The molecule has 116 valence electrons. The Morgan fingerprint density at radius 3 is 2.91 bits per heavy atom. The molecule has 2 aromatic rings. The fourth-order valence-corrected chi connectivity index (χ4v) is 2.87. The molecular weight excluding hydrogens is 276 g/mol. The molecule has 1 aromatic carbocycles. The van der Waals surface area contributed by atoms with Crippen LogP contribution in [0.1, 0.15) is 18.1 Å². The summed E-state index contributed by atoms with van der Waals surface area (Å²) in [5.41, 5.74) is 2.64. The predicted molar refractivity (Wildman–Crippen MR) is 85.3 cm³/mol. The van der Waals surface area contributed by atoms with Gasteiger partial charge >= 0.3 is 0 Å². The molecule has 0 unspecified atom stereocenters. The van der Waals surface area contributed by atoms with E-state index in [4.69, 9.17) is 0 Å². The van der Waals surface area contributed by atoms with Gasteiger partial charge in [0, 0.05) is 32.0 Å². The first-order chi connectivity index (χ1) is 10.7. The van der Waals surface area contributed by atoms with Crippen molar-refractivity contribution in [3.63, 3.8) is 0 Å². The number of fused-ring (bicyclic) bond motifs is 1. The molecule has 0 saturated carbocycles. The summed E-state index contributed by atoms with van der Waals surface area (Å²) in [6.07, 6.45) is 4.64. The number of benzene rings is 1. The molecular formula is C17H22N4O. The van der Waals surface area contributed by atoms with Gasteiger partial charge in [0.2, 0.25) is 5.91 Å². The molecule has 0 aliphatic carbocycles. The van der Waals surface area contributed by atoms with E-state index in [1.807, 2.05) is 34.8 Å². The average Bonchev–Trinajstić information content (AvgIpc) is 3.07. The zero-order valence-electron chi connectivity index (χ0n) is 12.9. The Bertz CT molecular complexity index is 623. The quantitative estimate of drug-likeness (QED) is 0.909. The van der Waals surface area contributed by atoms with Crippen LogP contribution >= 0.6 is 0 Å². The lowest BCUT2D eigenvalue weighted by atomic mass is 9.99. The highest BCUT2D eigenvalue weighted by atomic mass is 16.2. The van der Waals surface area contributed by atoms with Crippen LogP contribution in [0.4, 0.5) is 0 Å². The van der Waals surface area contributed by atoms with Crippen LogP contribution in [-0.2, 0) is 24.3 Å². The topological polar surface area (TPSA) is 50.2 Å². The van der Waals surface area contributed by atoms with E-state index < -0.39 is 0 Å². The summed E-state index contributed by atoms with van der Waals surface area (Å²) in [6, 6.07) is 10.1. The molecule has 0 radical (unpaired) electrons. The zero-order valence-corrected chi connectivity index (χ0v) is 12.9. The molecule has 1 atom stereocenters. The minimum atomic E-state index is -0.166. The second-order valence-corrected chi connectivity index (χ2v) is 5.72. The number of aromatic nitrogens is 2. The molecule has 5 heteroatoms. The van der Waals surface area contributed by atoms with Gasteiger partial charge in [-0.1, -0.05) is 24.3 Å². The average molecular weight is 298 g/mol. The molecule has 0 fully saturated rings. The smallest absolute Gasteiger partial charge is 0.239 e. The van der Waals surface area contributed by atoms with Gasteiger partial charge in [0.05, 0.1) is 12.6 Å². The lowest BCUT2D eigenvalue weighted by molar-refractivity contribution is -0.134. The number of nitrogens with zero attached hydrogens (tertiary/aromatic N) is 3. The van der Waals surface area contributed by atoms with Crippen molar-refractivity contribution in [1.29, 1.82) is 0 Å². The molecule has 5 nitrogen and oxygen atoms in total. The van der Waals surface area contributed by atoms with Gasteiger partial charge in [-0.15, -0.1) is 0 Å². The van der Waals surface area contributed by atoms with Crippen molar-refractivity contribution in [3.05, 3.63) is 53.9 Å². The van der Waals surface area contributed by atoms with E-state index in [0.29, 0.717) is 0 Å². The van der Waals surface area contributed by atoms with Crippen LogP contribution in [0.5, 0.6) is 0 Å². The van der Waals surface area contributed by atoms with Crippen LogP contribution in [0.2, 0.25) is 0 Å². The van der Waals surface area contributed by atoms with Crippen molar-refractivity contribution in [3.8, 4) is 0 Å². The van der Waals surface area contributed by atoms with Gasteiger partial charge in [-0.3, -0.25) is 9.48 Å². The molecule has 0 saturated heterocycles. The van der Waals surface area contributed by atoms with Gasteiger partial charge in [-0.25, -0.2) is 0 Å². The molecule has 2 heterocycles. The summed E-state index contributed by atoms with van der Waals surface area (Å²) in [6.45, 7) is 4.97. The van der Waals surface area contributed by atoms with Crippen LogP contribution in [-0.4, -0.2) is 39.7 Å². The highest BCUT2D eigenvalue weighted by Crippen LogP contribution is 2.18. The van der Waals surface area contributed by atoms with Gasteiger partial charge in [0.1, 0.15) is 0 Å². The first-order valence-corrected chi connectivity index (χ1v) is 7.80. The van der Waals surface area contributed by atoms with Gasteiger partial charge in [-0.05, 0) is 30.5 Å². The minimum Gasteiger partial charge on any atom is -0.337 e. The summed E-state index contributed by atoms with van der Waals surface area (Å²) in [7, 11) is 0. The van der Waals surface area contributed by atoms with Crippen LogP contribution in [0.25, 0.3) is 0 Å². The van der Waals surface area contributed by atoms with Crippen molar-refractivity contribution in [2.24, 2.45) is 0 Å². The monoisotopic (exact) mass is 298 g/mol. The van der Waals surface area contributed by atoms with E-state index in [1.54, 1.807) is 6.20 Å². The van der Waals surface area contributed by atoms with Crippen LogP contribution in [0, 0.1) is 0 Å². The predicted octanol–water partition coefficient (Wildman–Crippen LogP) is 1.45. The van der Waals surface area contributed by atoms with Crippen LogP contribution < -0.4 is 5.32 Å². The molecule has 0 bridgehead atoms. The Balaban J connectivity index is 1.51. The van der Waals surface area contributed by atoms with E-state index >= 15 is 0 Å². The van der Waals surface area contributed by atoms with Gasteiger partial charge in [0.25, 0.3) is 0 Å². The molecule has 1 aliphatic rings. The normalized spacial score (nSPS) is 15.4. The van der Waals surface area contributed by atoms with Gasteiger partial charge in [0.15, 0.2) is 0 Å². The number of amides is 1. The number of rotatable bonds is 5.